The number of aromatic nitrogens is 4. The second-order valence-electron chi connectivity index (χ2n) is 3.24. The fraction of sp³-hybridized carbons (Fsp3) is 0.182. The lowest BCUT2D eigenvalue weighted by molar-refractivity contribution is 0.582. The van der Waals surface area contributed by atoms with E-state index in [0.717, 1.165) is 5.56 Å². The third-order valence-corrected chi connectivity index (χ3v) is 2.06. The molecule has 2 aromatic rings. The molecule has 0 bridgehead atoms. The van der Waals surface area contributed by atoms with Gasteiger partial charge in [-0.3, -0.25) is 0 Å². The Balaban J connectivity index is 2.11. The van der Waals surface area contributed by atoms with Crippen LogP contribution in [0.25, 0.3) is 11.4 Å². The molecule has 1 aromatic carbocycles. The summed E-state index contributed by atoms with van der Waals surface area (Å²) in [5.74, 6) is 0.641. The SMILES string of the molecule is NCC=CCn1nnc(-c2ccccc2)n1. The van der Waals surface area contributed by atoms with E-state index in [1.54, 1.807) is 0 Å². The quantitative estimate of drug-likeness (QED) is 0.768. The molecule has 0 spiro atoms. The Morgan fingerprint density at radius 2 is 2.00 bits per heavy atom. The summed E-state index contributed by atoms with van der Waals surface area (Å²) in [4.78, 5) is 1.54. The first kappa shape index (κ1) is 10.5. The molecule has 0 aliphatic rings. The highest BCUT2D eigenvalue weighted by molar-refractivity contribution is 5.52. The standard InChI is InChI=1S/C11H13N5/c12-8-4-5-9-16-14-11(13-15-16)10-6-2-1-3-7-10/h1-7H,8-9,12H2. The topological polar surface area (TPSA) is 69.6 Å². The van der Waals surface area contributed by atoms with E-state index < -0.39 is 0 Å². The van der Waals surface area contributed by atoms with Gasteiger partial charge in [0.2, 0.25) is 5.82 Å². The van der Waals surface area contributed by atoms with Crippen molar-refractivity contribution in [3.63, 3.8) is 0 Å². The molecule has 1 aromatic heterocycles. The second-order valence-corrected chi connectivity index (χ2v) is 3.24. The molecule has 2 rings (SSSR count). The van der Waals surface area contributed by atoms with E-state index in [-0.39, 0.29) is 0 Å². The lowest BCUT2D eigenvalue weighted by Crippen LogP contribution is -2.01. The van der Waals surface area contributed by atoms with Crippen LogP contribution in [0, 0.1) is 0 Å². The zero-order chi connectivity index (χ0) is 11.2. The van der Waals surface area contributed by atoms with Crippen molar-refractivity contribution in [1.82, 2.24) is 20.2 Å². The number of nitrogens with two attached hydrogens (primary N) is 1. The fourth-order valence-corrected chi connectivity index (χ4v) is 1.29. The maximum absolute atomic E-state index is 5.34. The minimum Gasteiger partial charge on any atom is -0.327 e. The first-order valence-electron chi connectivity index (χ1n) is 5.08. The Morgan fingerprint density at radius 3 is 2.75 bits per heavy atom. The van der Waals surface area contributed by atoms with Gasteiger partial charge in [0.25, 0.3) is 0 Å². The molecule has 5 nitrogen and oxygen atoms in total. The molecular formula is C11H13N5. The van der Waals surface area contributed by atoms with Gasteiger partial charge in [-0.1, -0.05) is 42.5 Å². The van der Waals surface area contributed by atoms with Gasteiger partial charge in [-0.25, -0.2) is 0 Å². The highest BCUT2D eigenvalue weighted by atomic mass is 15.6. The normalized spacial score (nSPS) is 11.1. The van der Waals surface area contributed by atoms with Crippen LogP contribution in [0.2, 0.25) is 0 Å². The summed E-state index contributed by atoms with van der Waals surface area (Å²) in [7, 11) is 0. The summed E-state index contributed by atoms with van der Waals surface area (Å²) >= 11 is 0. The number of allylic oxidation sites excluding steroid dienone is 1. The van der Waals surface area contributed by atoms with E-state index in [9.17, 15) is 0 Å². The average molecular weight is 215 g/mol. The van der Waals surface area contributed by atoms with Gasteiger partial charge in [0, 0.05) is 12.1 Å². The van der Waals surface area contributed by atoms with E-state index >= 15 is 0 Å². The van der Waals surface area contributed by atoms with Crippen molar-refractivity contribution in [3.8, 4) is 11.4 Å². The molecule has 0 atom stereocenters. The third kappa shape index (κ3) is 2.52. The lowest BCUT2D eigenvalue weighted by Gasteiger charge is -1.92. The van der Waals surface area contributed by atoms with Crippen molar-refractivity contribution in [3.05, 3.63) is 42.5 Å². The van der Waals surface area contributed by atoms with Crippen molar-refractivity contribution in [2.24, 2.45) is 5.73 Å². The molecule has 0 amide bonds. The molecule has 82 valence electrons. The first-order valence-corrected chi connectivity index (χ1v) is 5.08. The number of hydrogen-bond acceptors (Lipinski definition) is 4. The van der Waals surface area contributed by atoms with Crippen LogP contribution >= 0.6 is 0 Å². The molecule has 5 heteroatoms. The van der Waals surface area contributed by atoms with Gasteiger partial charge in [0.1, 0.15) is 0 Å². The summed E-state index contributed by atoms with van der Waals surface area (Å²) in [6, 6.07) is 9.76. The zero-order valence-electron chi connectivity index (χ0n) is 8.82. The molecule has 0 aliphatic heterocycles. The number of tetrazole rings is 1. The third-order valence-electron chi connectivity index (χ3n) is 2.06. The molecule has 0 aliphatic carbocycles. The fourth-order valence-electron chi connectivity index (χ4n) is 1.29. The van der Waals surface area contributed by atoms with Crippen LogP contribution in [0.15, 0.2) is 42.5 Å². The van der Waals surface area contributed by atoms with Crippen LogP contribution in [0.5, 0.6) is 0 Å². The molecule has 1 heterocycles. The van der Waals surface area contributed by atoms with E-state index in [1.807, 2.05) is 42.5 Å². The molecule has 0 unspecified atom stereocenters. The highest BCUT2D eigenvalue weighted by Gasteiger charge is 2.03. The predicted octanol–water partition coefficient (Wildman–Crippen LogP) is 0.855. The number of hydrogen-bond donors (Lipinski definition) is 1. The molecule has 2 N–H and O–H groups in total. The predicted molar refractivity (Wildman–Crippen MR) is 61.4 cm³/mol. The molecule has 16 heavy (non-hydrogen) atoms. The smallest absolute Gasteiger partial charge is 0.204 e. The molecular weight excluding hydrogens is 202 g/mol. The highest BCUT2D eigenvalue weighted by Crippen LogP contribution is 2.11. The van der Waals surface area contributed by atoms with E-state index in [2.05, 4.69) is 15.4 Å². The average Bonchev–Trinajstić information content (AvgIpc) is 2.79. The lowest BCUT2D eigenvalue weighted by atomic mass is 10.2. The Hall–Kier alpha value is -2.01. The van der Waals surface area contributed by atoms with Crippen molar-refractivity contribution in [2.75, 3.05) is 6.54 Å². The Labute approximate surface area is 93.6 Å². The number of benzene rings is 1. The van der Waals surface area contributed by atoms with Crippen molar-refractivity contribution in [2.45, 2.75) is 6.54 Å². The van der Waals surface area contributed by atoms with Crippen molar-refractivity contribution in [1.29, 1.82) is 0 Å². The molecule has 0 radical (unpaired) electrons. The van der Waals surface area contributed by atoms with Crippen LogP contribution < -0.4 is 5.73 Å². The van der Waals surface area contributed by atoms with Gasteiger partial charge in [0.05, 0.1) is 6.54 Å². The largest absolute Gasteiger partial charge is 0.327 e. The second kappa shape index (κ2) is 5.18. The summed E-state index contributed by atoms with van der Waals surface area (Å²) in [5, 5.41) is 12.2. The van der Waals surface area contributed by atoms with Gasteiger partial charge in [-0.05, 0) is 5.21 Å². The molecule has 0 fully saturated rings. The van der Waals surface area contributed by atoms with E-state index in [4.69, 9.17) is 5.73 Å². The minimum absolute atomic E-state index is 0.528. The van der Waals surface area contributed by atoms with Crippen LogP contribution in [0.3, 0.4) is 0 Å². The van der Waals surface area contributed by atoms with Crippen LogP contribution in [-0.4, -0.2) is 26.8 Å². The summed E-state index contributed by atoms with van der Waals surface area (Å²) in [6.07, 6.45) is 3.78. The van der Waals surface area contributed by atoms with Crippen LogP contribution in [0.1, 0.15) is 0 Å². The first-order chi connectivity index (χ1) is 7.90. The van der Waals surface area contributed by atoms with Crippen molar-refractivity contribution < 1.29 is 0 Å². The zero-order valence-corrected chi connectivity index (χ0v) is 8.82. The summed E-state index contributed by atoms with van der Waals surface area (Å²) < 4.78 is 0. The van der Waals surface area contributed by atoms with Crippen LogP contribution in [0.4, 0.5) is 0 Å². The summed E-state index contributed by atoms with van der Waals surface area (Å²) in [6.45, 7) is 1.12. The minimum atomic E-state index is 0.528. The van der Waals surface area contributed by atoms with Gasteiger partial charge >= 0.3 is 0 Å². The molecule has 0 saturated heterocycles. The number of nitrogens with zero attached hydrogens (tertiary/aromatic N) is 4. The Kier molecular flexibility index (Phi) is 3.40. The van der Waals surface area contributed by atoms with Gasteiger partial charge in [0.15, 0.2) is 0 Å². The number of rotatable bonds is 4. The Bertz CT molecular complexity index is 460. The molecule has 0 saturated carbocycles. The summed E-state index contributed by atoms with van der Waals surface area (Å²) in [5.41, 5.74) is 6.31. The Morgan fingerprint density at radius 1 is 1.19 bits per heavy atom. The monoisotopic (exact) mass is 215 g/mol. The van der Waals surface area contributed by atoms with E-state index in [1.165, 1.54) is 4.80 Å². The van der Waals surface area contributed by atoms with Gasteiger partial charge in [-0.2, -0.15) is 4.80 Å². The van der Waals surface area contributed by atoms with Crippen molar-refractivity contribution >= 4 is 0 Å². The van der Waals surface area contributed by atoms with Gasteiger partial charge in [-0.15, -0.1) is 10.2 Å². The van der Waals surface area contributed by atoms with E-state index in [0.29, 0.717) is 18.9 Å². The maximum Gasteiger partial charge on any atom is 0.204 e. The van der Waals surface area contributed by atoms with Crippen LogP contribution in [-0.2, 0) is 6.54 Å². The maximum atomic E-state index is 5.34. The van der Waals surface area contributed by atoms with Gasteiger partial charge < -0.3 is 5.73 Å².